The minimum absolute atomic E-state index is 0.498. The predicted molar refractivity (Wildman–Crippen MR) is 146 cm³/mol. The van der Waals surface area contributed by atoms with Crippen molar-refractivity contribution in [2.24, 2.45) is 5.92 Å². The Kier molecular flexibility index (Phi) is 7.95. The molecule has 2 aromatic rings. The molecule has 1 fully saturated rings. The first-order valence-electron chi connectivity index (χ1n) is 13.0. The van der Waals surface area contributed by atoms with E-state index >= 15 is 0 Å². The van der Waals surface area contributed by atoms with Gasteiger partial charge >= 0.3 is 0 Å². The number of hydrogen-bond acceptors (Lipinski definition) is 2. The number of fused-ring (bicyclic) bond motifs is 1. The summed E-state index contributed by atoms with van der Waals surface area (Å²) in [4.78, 5) is 5.05. The molecular weight excluding hydrogens is 422 g/mol. The van der Waals surface area contributed by atoms with Crippen LogP contribution < -0.4 is 10.2 Å². The molecule has 0 radical (unpaired) electrons. The predicted octanol–water partition coefficient (Wildman–Crippen LogP) is 7.24. The molecule has 0 spiro atoms. The lowest BCUT2D eigenvalue weighted by molar-refractivity contribution is 0.177. The third kappa shape index (κ3) is 5.71. The van der Waals surface area contributed by atoms with Crippen molar-refractivity contribution < 1.29 is 0 Å². The number of benzene rings is 2. The molecule has 1 saturated carbocycles. The Morgan fingerprint density at radius 1 is 1.06 bits per heavy atom. The summed E-state index contributed by atoms with van der Waals surface area (Å²) in [6, 6.07) is 14.2. The Labute approximate surface area is 206 Å². The Bertz CT molecular complexity index is 969. The van der Waals surface area contributed by atoms with Crippen LogP contribution in [0.5, 0.6) is 0 Å². The number of hydrogen-bond donors (Lipinski definition) is 1. The highest BCUT2D eigenvalue weighted by molar-refractivity contribution is 7.80. The molecule has 0 bridgehead atoms. The quantitative estimate of drug-likeness (QED) is 0.455. The van der Waals surface area contributed by atoms with Gasteiger partial charge in [0.25, 0.3) is 0 Å². The molecule has 2 aliphatic rings. The van der Waals surface area contributed by atoms with E-state index in [1.54, 1.807) is 0 Å². The van der Waals surface area contributed by atoms with Crippen LogP contribution in [-0.4, -0.2) is 29.1 Å². The Balaban J connectivity index is 1.57. The van der Waals surface area contributed by atoms with Gasteiger partial charge in [-0.2, -0.15) is 0 Å². The van der Waals surface area contributed by atoms with Crippen LogP contribution in [0.15, 0.2) is 36.4 Å². The van der Waals surface area contributed by atoms with E-state index in [0.717, 1.165) is 23.9 Å². The molecule has 3 nitrogen and oxygen atoms in total. The lowest BCUT2D eigenvalue weighted by atomic mass is 9.84. The molecule has 0 amide bonds. The van der Waals surface area contributed by atoms with E-state index in [1.165, 1.54) is 79.4 Å². The summed E-state index contributed by atoms with van der Waals surface area (Å²) in [7, 11) is 0. The van der Waals surface area contributed by atoms with Crippen molar-refractivity contribution >= 4 is 28.7 Å². The van der Waals surface area contributed by atoms with Gasteiger partial charge in [-0.1, -0.05) is 44.9 Å². The van der Waals surface area contributed by atoms with Crippen LogP contribution in [0, 0.1) is 19.8 Å². The van der Waals surface area contributed by atoms with Gasteiger partial charge in [-0.15, -0.1) is 0 Å². The third-order valence-electron chi connectivity index (χ3n) is 7.69. The topological polar surface area (TPSA) is 18.5 Å². The van der Waals surface area contributed by atoms with Crippen LogP contribution in [-0.2, 0) is 13.0 Å². The van der Waals surface area contributed by atoms with Gasteiger partial charge in [0.1, 0.15) is 0 Å². The average molecular weight is 464 g/mol. The molecule has 1 heterocycles. The van der Waals surface area contributed by atoms with Gasteiger partial charge in [0, 0.05) is 37.1 Å². The lowest BCUT2D eigenvalue weighted by Crippen LogP contribution is -2.46. The summed E-state index contributed by atoms with van der Waals surface area (Å²) < 4.78 is 0. The molecule has 2 atom stereocenters. The Morgan fingerprint density at radius 3 is 2.64 bits per heavy atom. The third-order valence-corrected chi connectivity index (χ3v) is 8.03. The Hall–Kier alpha value is -2.07. The monoisotopic (exact) mass is 463 g/mol. The molecule has 178 valence electrons. The fourth-order valence-corrected chi connectivity index (χ4v) is 5.96. The van der Waals surface area contributed by atoms with E-state index in [2.05, 4.69) is 79.2 Å². The normalized spacial score (nSPS) is 20.3. The second-order valence-corrected chi connectivity index (χ2v) is 10.6. The summed E-state index contributed by atoms with van der Waals surface area (Å²) in [5.74, 6) is 0.663. The zero-order chi connectivity index (χ0) is 23.4. The number of nitrogens with zero attached hydrogens (tertiary/aromatic N) is 2. The molecule has 1 N–H and O–H groups in total. The van der Waals surface area contributed by atoms with Crippen molar-refractivity contribution in [1.82, 2.24) is 4.90 Å². The van der Waals surface area contributed by atoms with Gasteiger partial charge in [-0.25, -0.2) is 0 Å². The average Bonchev–Trinajstić information content (AvgIpc) is 2.81. The second kappa shape index (κ2) is 10.9. The maximum absolute atomic E-state index is 6.05. The van der Waals surface area contributed by atoms with E-state index in [9.17, 15) is 0 Å². The van der Waals surface area contributed by atoms with Gasteiger partial charge in [-0.05, 0) is 105 Å². The lowest BCUT2D eigenvalue weighted by Gasteiger charge is -2.40. The van der Waals surface area contributed by atoms with Crippen LogP contribution in [0.4, 0.5) is 11.4 Å². The van der Waals surface area contributed by atoms with Gasteiger partial charge in [0.15, 0.2) is 5.11 Å². The van der Waals surface area contributed by atoms with Crippen LogP contribution >= 0.6 is 12.2 Å². The standard InChI is InChI=1S/C29H41N3S/c1-5-16-31-17-8-10-25-19-24(13-15-28(25)31)20-32(27-11-7-6-9-22(27)3)29(33)30-26-14-12-21(2)23(4)18-26/h12-15,18-19,22,27H,5-11,16-17,20H2,1-4H3,(H,30,33). The zero-order valence-corrected chi connectivity index (χ0v) is 21.8. The second-order valence-electron chi connectivity index (χ2n) is 10.2. The first-order chi connectivity index (χ1) is 16.0. The number of rotatable bonds is 6. The van der Waals surface area contributed by atoms with Crippen molar-refractivity contribution in [2.75, 3.05) is 23.3 Å². The van der Waals surface area contributed by atoms with Crippen LogP contribution in [0.1, 0.15) is 74.6 Å². The maximum atomic E-state index is 6.05. The highest BCUT2D eigenvalue weighted by Gasteiger charge is 2.29. The summed E-state index contributed by atoms with van der Waals surface area (Å²) in [6.07, 6.45) is 8.81. The van der Waals surface area contributed by atoms with E-state index < -0.39 is 0 Å². The van der Waals surface area contributed by atoms with Crippen LogP contribution in [0.3, 0.4) is 0 Å². The fraction of sp³-hybridized carbons (Fsp3) is 0.552. The molecule has 4 heteroatoms. The van der Waals surface area contributed by atoms with Crippen LogP contribution in [0.25, 0.3) is 0 Å². The van der Waals surface area contributed by atoms with Gasteiger partial charge in [-0.3, -0.25) is 0 Å². The molecule has 1 aliphatic carbocycles. The van der Waals surface area contributed by atoms with Crippen LogP contribution in [0.2, 0.25) is 0 Å². The largest absolute Gasteiger partial charge is 0.371 e. The highest BCUT2D eigenvalue weighted by atomic mass is 32.1. The zero-order valence-electron chi connectivity index (χ0n) is 21.0. The molecule has 0 saturated heterocycles. The summed E-state index contributed by atoms with van der Waals surface area (Å²) in [5.41, 5.74) is 8.05. The van der Waals surface area contributed by atoms with Crippen molar-refractivity contribution in [2.45, 2.75) is 85.2 Å². The molecule has 1 aliphatic heterocycles. The van der Waals surface area contributed by atoms with E-state index in [1.807, 2.05) is 0 Å². The van der Waals surface area contributed by atoms with Crippen molar-refractivity contribution in [3.8, 4) is 0 Å². The smallest absolute Gasteiger partial charge is 0.173 e. The molecule has 2 aromatic carbocycles. The highest BCUT2D eigenvalue weighted by Crippen LogP contribution is 2.32. The summed E-state index contributed by atoms with van der Waals surface area (Å²) in [5, 5.41) is 4.45. The molecular formula is C29H41N3S. The molecule has 33 heavy (non-hydrogen) atoms. The number of aryl methyl sites for hydroxylation is 3. The number of thiocarbonyl (C=S) groups is 1. The van der Waals surface area contributed by atoms with Gasteiger partial charge in [0.2, 0.25) is 0 Å². The van der Waals surface area contributed by atoms with E-state index in [4.69, 9.17) is 12.2 Å². The molecule has 0 aromatic heterocycles. The Morgan fingerprint density at radius 2 is 1.88 bits per heavy atom. The van der Waals surface area contributed by atoms with Crippen molar-refractivity contribution in [3.05, 3.63) is 58.7 Å². The van der Waals surface area contributed by atoms with E-state index in [0.29, 0.717) is 12.0 Å². The van der Waals surface area contributed by atoms with Crippen molar-refractivity contribution in [1.29, 1.82) is 0 Å². The molecule has 2 unspecified atom stereocenters. The summed E-state index contributed by atoms with van der Waals surface area (Å²) >= 11 is 6.05. The molecule has 4 rings (SSSR count). The minimum Gasteiger partial charge on any atom is -0.371 e. The SMILES string of the molecule is CCCN1CCCc2cc(CN(C(=S)Nc3ccc(C)c(C)c3)C3CCCCC3C)ccc21. The maximum Gasteiger partial charge on any atom is 0.173 e. The van der Waals surface area contributed by atoms with Gasteiger partial charge < -0.3 is 15.1 Å². The first-order valence-corrected chi connectivity index (χ1v) is 13.4. The number of nitrogens with one attached hydrogen (secondary N) is 1. The minimum atomic E-state index is 0.498. The fourth-order valence-electron chi connectivity index (χ4n) is 5.64. The van der Waals surface area contributed by atoms with E-state index in [-0.39, 0.29) is 0 Å². The first kappa shape index (κ1) is 24.1. The van der Waals surface area contributed by atoms with Gasteiger partial charge in [0.05, 0.1) is 0 Å². The van der Waals surface area contributed by atoms with Crippen molar-refractivity contribution in [3.63, 3.8) is 0 Å². The number of anilines is 2. The summed E-state index contributed by atoms with van der Waals surface area (Å²) in [6.45, 7) is 12.2.